The fourth-order valence-electron chi connectivity index (χ4n) is 1.73. The Labute approximate surface area is 166 Å². The molecule has 0 aliphatic heterocycles. The Balaban J connectivity index is 0.000000487. The van der Waals surface area contributed by atoms with Crippen molar-refractivity contribution in [3.05, 3.63) is 27.6 Å². The molecule has 0 N–H and O–H groups in total. The summed E-state index contributed by atoms with van der Waals surface area (Å²) in [6, 6.07) is 3.41. The Morgan fingerprint density at radius 3 is 2.46 bits per heavy atom. The van der Waals surface area contributed by atoms with E-state index in [0.717, 1.165) is 0 Å². The molecule has 0 spiro atoms. The van der Waals surface area contributed by atoms with Crippen LogP contribution in [0.1, 0.15) is 38.2 Å². The molecule has 0 bridgehead atoms. The molecular weight excluding hydrogens is 426 g/mol. The maximum atomic E-state index is 11.8. The third-order valence-corrected chi connectivity index (χ3v) is 4.23. The number of fused-ring (bicyclic) bond motifs is 1. The molecule has 2 heterocycles. The summed E-state index contributed by atoms with van der Waals surface area (Å²) in [6.45, 7) is 7.99. The highest BCUT2D eigenvalue weighted by Gasteiger charge is 2.22. The summed E-state index contributed by atoms with van der Waals surface area (Å²) in [4.78, 5) is 28.3. The van der Waals surface area contributed by atoms with Gasteiger partial charge >= 0.3 is 5.97 Å². The number of methoxy groups -OCH3 is 1. The monoisotopic (exact) mass is 447 g/mol. The predicted molar refractivity (Wildman–Crippen MR) is 105 cm³/mol. The summed E-state index contributed by atoms with van der Waals surface area (Å²) in [5.74, 6) is -0.604. The first kappa shape index (κ1) is 22.4. The lowest BCUT2D eigenvalue weighted by atomic mass is 10.2. The van der Waals surface area contributed by atoms with Gasteiger partial charge in [-0.1, -0.05) is 11.6 Å². The van der Waals surface area contributed by atoms with Gasteiger partial charge in [0.15, 0.2) is 11.3 Å². The van der Waals surface area contributed by atoms with Gasteiger partial charge in [0.2, 0.25) is 6.41 Å². The van der Waals surface area contributed by atoms with Crippen LogP contribution in [0.5, 0.6) is 0 Å². The number of pyridine rings is 1. The SMILES string of the molecule is CCOC(=O)c1nc2c(N(C)C=O)ccc(Br)n2c1Cl.COC(C)(C)C. The van der Waals surface area contributed by atoms with E-state index in [2.05, 4.69) is 20.9 Å². The van der Waals surface area contributed by atoms with Crippen LogP contribution in [0.4, 0.5) is 5.69 Å². The van der Waals surface area contributed by atoms with Crippen molar-refractivity contribution in [2.24, 2.45) is 0 Å². The summed E-state index contributed by atoms with van der Waals surface area (Å²) >= 11 is 9.51. The molecule has 2 rings (SSSR count). The molecule has 0 atom stereocenters. The van der Waals surface area contributed by atoms with E-state index in [-0.39, 0.29) is 23.1 Å². The third-order valence-electron chi connectivity index (χ3n) is 3.26. The summed E-state index contributed by atoms with van der Waals surface area (Å²) in [7, 11) is 3.29. The number of aromatic nitrogens is 2. The Hall–Kier alpha value is -1.64. The summed E-state index contributed by atoms with van der Waals surface area (Å²) in [6.07, 6.45) is 0.649. The van der Waals surface area contributed by atoms with E-state index < -0.39 is 5.97 Å². The van der Waals surface area contributed by atoms with Crippen LogP contribution in [0.2, 0.25) is 5.15 Å². The molecular formula is C17H23BrClN3O4. The quantitative estimate of drug-likeness (QED) is 0.402. The Bertz CT molecular complexity index is 786. The molecule has 26 heavy (non-hydrogen) atoms. The van der Waals surface area contributed by atoms with Crippen LogP contribution in [0.3, 0.4) is 0 Å². The van der Waals surface area contributed by atoms with Gasteiger partial charge in [-0.25, -0.2) is 9.78 Å². The van der Waals surface area contributed by atoms with Crippen LogP contribution >= 0.6 is 27.5 Å². The first-order valence-electron chi connectivity index (χ1n) is 7.84. The van der Waals surface area contributed by atoms with Crippen LogP contribution in [0.15, 0.2) is 16.7 Å². The van der Waals surface area contributed by atoms with E-state index in [9.17, 15) is 9.59 Å². The molecule has 1 amide bonds. The van der Waals surface area contributed by atoms with E-state index in [0.29, 0.717) is 22.3 Å². The van der Waals surface area contributed by atoms with Gasteiger partial charge in [-0.3, -0.25) is 9.20 Å². The summed E-state index contributed by atoms with van der Waals surface area (Å²) < 4.78 is 12.0. The molecule has 144 valence electrons. The minimum atomic E-state index is -0.604. The molecule has 0 saturated heterocycles. The van der Waals surface area contributed by atoms with Gasteiger partial charge < -0.3 is 14.4 Å². The van der Waals surface area contributed by atoms with Gasteiger partial charge in [0.05, 0.1) is 22.5 Å². The van der Waals surface area contributed by atoms with Crippen LogP contribution in [0.25, 0.3) is 5.65 Å². The molecule has 2 aromatic heterocycles. The zero-order valence-electron chi connectivity index (χ0n) is 15.7. The zero-order valence-corrected chi connectivity index (χ0v) is 18.0. The van der Waals surface area contributed by atoms with Crippen molar-refractivity contribution in [2.75, 3.05) is 25.7 Å². The van der Waals surface area contributed by atoms with Crippen LogP contribution in [-0.2, 0) is 14.3 Å². The highest BCUT2D eigenvalue weighted by atomic mass is 79.9. The normalized spacial score (nSPS) is 10.9. The minimum Gasteiger partial charge on any atom is -0.461 e. The van der Waals surface area contributed by atoms with Crippen LogP contribution in [-0.4, -0.2) is 48.1 Å². The second-order valence-corrected chi connectivity index (χ2v) is 7.38. The van der Waals surface area contributed by atoms with Gasteiger partial charge in [-0.15, -0.1) is 0 Å². The fraction of sp³-hybridized carbons (Fsp3) is 0.471. The van der Waals surface area contributed by atoms with Crippen LogP contribution in [0, 0.1) is 0 Å². The van der Waals surface area contributed by atoms with Crippen molar-refractivity contribution in [1.29, 1.82) is 0 Å². The third kappa shape index (κ3) is 5.43. The van der Waals surface area contributed by atoms with Crippen molar-refractivity contribution in [3.8, 4) is 0 Å². The molecule has 0 fully saturated rings. The van der Waals surface area contributed by atoms with E-state index in [1.165, 1.54) is 9.30 Å². The van der Waals surface area contributed by atoms with Gasteiger partial charge in [0, 0.05) is 14.2 Å². The van der Waals surface area contributed by atoms with Crippen molar-refractivity contribution in [2.45, 2.75) is 33.3 Å². The number of nitrogens with zero attached hydrogens (tertiary/aromatic N) is 3. The molecule has 0 unspecified atom stereocenters. The number of esters is 1. The molecule has 7 nitrogen and oxygen atoms in total. The summed E-state index contributed by atoms with van der Waals surface area (Å²) in [5.41, 5.74) is 0.976. The van der Waals surface area contributed by atoms with Crippen molar-refractivity contribution in [1.82, 2.24) is 9.38 Å². The van der Waals surface area contributed by atoms with Crippen molar-refractivity contribution in [3.63, 3.8) is 0 Å². The highest BCUT2D eigenvalue weighted by molar-refractivity contribution is 9.10. The number of rotatable bonds is 4. The maximum absolute atomic E-state index is 11.8. The molecule has 0 aliphatic carbocycles. The molecule has 0 aromatic carbocycles. The largest absolute Gasteiger partial charge is 0.461 e. The number of ether oxygens (including phenoxy) is 2. The van der Waals surface area contributed by atoms with Gasteiger partial charge in [0.1, 0.15) is 5.15 Å². The number of hydrogen-bond acceptors (Lipinski definition) is 5. The Kier molecular flexibility index (Phi) is 8.05. The summed E-state index contributed by atoms with van der Waals surface area (Å²) in [5, 5.41) is 0.131. The lowest BCUT2D eigenvalue weighted by molar-refractivity contribution is -0.107. The van der Waals surface area contributed by atoms with Gasteiger partial charge in [-0.2, -0.15) is 0 Å². The second kappa shape index (κ2) is 9.34. The highest BCUT2D eigenvalue weighted by Crippen LogP contribution is 2.30. The van der Waals surface area contributed by atoms with Crippen LogP contribution < -0.4 is 4.90 Å². The number of amides is 1. The standard InChI is InChI=1S/C12H11BrClN3O3.C5H12O/c1-3-20-12(19)9-10(14)17-8(13)5-4-7(11(17)15-9)16(2)6-18;1-5(2,3)6-4/h4-6H,3H2,1-2H3;1-4H3. The van der Waals surface area contributed by atoms with Gasteiger partial charge in [0.25, 0.3) is 0 Å². The fourth-order valence-corrected chi connectivity index (χ4v) is 2.60. The lowest BCUT2D eigenvalue weighted by Crippen LogP contribution is -2.15. The number of halogens is 2. The average Bonchev–Trinajstić information content (AvgIpc) is 2.93. The van der Waals surface area contributed by atoms with E-state index in [4.69, 9.17) is 21.1 Å². The Morgan fingerprint density at radius 1 is 1.42 bits per heavy atom. The Morgan fingerprint density at radius 2 is 2.00 bits per heavy atom. The van der Waals surface area contributed by atoms with Crippen molar-refractivity contribution >= 4 is 51.2 Å². The minimum absolute atomic E-state index is 0.0148. The van der Waals surface area contributed by atoms with Gasteiger partial charge in [-0.05, 0) is 55.8 Å². The molecule has 0 aliphatic rings. The number of anilines is 1. The first-order valence-corrected chi connectivity index (χ1v) is 9.01. The smallest absolute Gasteiger partial charge is 0.360 e. The van der Waals surface area contributed by atoms with E-state index in [1.54, 1.807) is 33.2 Å². The number of hydrogen-bond donors (Lipinski definition) is 0. The predicted octanol–water partition coefficient (Wildman–Crippen LogP) is 3.95. The first-order chi connectivity index (χ1) is 12.1. The second-order valence-electron chi connectivity index (χ2n) is 6.20. The lowest BCUT2D eigenvalue weighted by Gasteiger charge is -2.14. The molecule has 0 saturated carbocycles. The topological polar surface area (TPSA) is 73.1 Å². The maximum Gasteiger partial charge on any atom is 0.360 e. The van der Waals surface area contributed by atoms with E-state index in [1.807, 2.05) is 20.8 Å². The average molecular weight is 449 g/mol. The van der Waals surface area contributed by atoms with Crippen molar-refractivity contribution < 1.29 is 19.1 Å². The molecule has 9 heteroatoms. The molecule has 0 radical (unpaired) electrons. The van der Waals surface area contributed by atoms with E-state index >= 15 is 0 Å². The zero-order chi connectivity index (χ0) is 20.1. The molecule has 2 aromatic rings. The number of carbonyl (C=O) groups is 2. The number of imidazole rings is 1. The number of carbonyl (C=O) groups excluding carboxylic acids is 2.